The number of carbonyl (C=O) groups is 1. The van der Waals surface area contributed by atoms with Crippen molar-refractivity contribution in [2.24, 2.45) is 0 Å². The highest BCUT2D eigenvalue weighted by atomic mass is 32.1. The summed E-state index contributed by atoms with van der Waals surface area (Å²) in [5, 5.41) is 12.0. The second-order valence-electron chi connectivity index (χ2n) is 5.13. The van der Waals surface area contributed by atoms with Crippen LogP contribution >= 0.6 is 12.2 Å². The van der Waals surface area contributed by atoms with Crippen LogP contribution in [0.3, 0.4) is 0 Å². The third kappa shape index (κ3) is 7.19. The van der Waals surface area contributed by atoms with E-state index in [9.17, 15) is 4.79 Å². The van der Waals surface area contributed by atoms with Gasteiger partial charge in [0.15, 0.2) is 5.11 Å². The molecule has 0 unspecified atom stereocenters. The van der Waals surface area contributed by atoms with E-state index in [0.29, 0.717) is 31.0 Å². The zero-order valence-corrected chi connectivity index (χ0v) is 13.9. The first-order valence-electron chi connectivity index (χ1n) is 7.67. The van der Waals surface area contributed by atoms with Gasteiger partial charge in [-0.2, -0.15) is 5.26 Å². The van der Waals surface area contributed by atoms with E-state index in [2.05, 4.69) is 18.3 Å². The molecule has 0 bridgehead atoms. The molecule has 0 aliphatic heterocycles. The average molecular weight is 317 g/mol. The lowest BCUT2D eigenvalue weighted by Crippen LogP contribution is -2.42. The molecule has 1 aromatic carbocycles. The van der Waals surface area contributed by atoms with Crippen LogP contribution in [-0.4, -0.2) is 22.5 Å². The van der Waals surface area contributed by atoms with E-state index in [-0.39, 0.29) is 5.91 Å². The van der Waals surface area contributed by atoms with Crippen molar-refractivity contribution >= 4 is 23.2 Å². The molecule has 1 aromatic rings. The molecule has 0 heterocycles. The number of thiocarbonyl (C=S) groups is 1. The van der Waals surface area contributed by atoms with E-state index >= 15 is 0 Å². The number of nitrogens with one attached hydrogen (secondary N) is 1. The van der Waals surface area contributed by atoms with Gasteiger partial charge in [0, 0.05) is 19.5 Å². The van der Waals surface area contributed by atoms with Crippen LogP contribution in [0.2, 0.25) is 0 Å². The topological polar surface area (TPSA) is 56.1 Å². The lowest BCUT2D eigenvalue weighted by Gasteiger charge is -2.24. The monoisotopic (exact) mass is 317 g/mol. The van der Waals surface area contributed by atoms with Gasteiger partial charge in [-0.05, 0) is 24.2 Å². The van der Waals surface area contributed by atoms with Crippen LogP contribution in [0, 0.1) is 11.3 Å². The second-order valence-corrected chi connectivity index (χ2v) is 5.51. The lowest BCUT2D eigenvalue weighted by atomic mass is 10.2. The van der Waals surface area contributed by atoms with Crippen molar-refractivity contribution in [3.63, 3.8) is 0 Å². The summed E-state index contributed by atoms with van der Waals surface area (Å²) in [5.74, 6) is -0.0477. The Labute approximate surface area is 138 Å². The van der Waals surface area contributed by atoms with Crippen molar-refractivity contribution in [3.05, 3.63) is 35.9 Å². The fraction of sp³-hybridized carbons (Fsp3) is 0.471. The van der Waals surface area contributed by atoms with Gasteiger partial charge in [-0.25, -0.2) is 0 Å². The smallest absolute Gasteiger partial charge is 0.226 e. The second kappa shape index (κ2) is 10.7. The molecule has 0 saturated heterocycles. The van der Waals surface area contributed by atoms with Crippen LogP contribution in [0.4, 0.5) is 0 Å². The van der Waals surface area contributed by atoms with Gasteiger partial charge >= 0.3 is 0 Å². The van der Waals surface area contributed by atoms with Gasteiger partial charge in [-0.1, -0.05) is 50.1 Å². The molecular weight excluding hydrogens is 294 g/mol. The van der Waals surface area contributed by atoms with Crippen LogP contribution in [-0.2, 0) is 11.3 Å². The summed E-state index contributed by atoms with van der Waals surface area (Å²) in [7, 11) is 0. The number of nitrogens with zero attached hydrogens (tertiary/aromatic N) is 2. The molecule has 0 fully saturated rings. The molecule has 0 aliphatic rings. The SMILES string of the molecule is CCCCCC(=O)NC(=S)N(CCC#N)Cc1ccccc1. The number of nitriles is 1. The molecule has 118 valence electrons. The van der Waals surface area contributed by atoms with Gasteiger partial charge < -0.3 is 10.2 Å². The van der Waals surface area contributed by atoms with E-state index in [0.717, 1.165) is 24.8 Å². The fourth-order valence-corrected chi connectivity index (χ4v) is 2.31. The van der Waals surface area contributed by atoms with Gasteiger partial charge in [0.2, 0.25) is 5.91 Å². The number of carbonyl (C=O) groups excluding carboxylic acids is 1. The minimum absolute atomic E-state index is 0.0477. The number of amides is 1. The molecule has 0 aliphatic carbocycles. The maximum absolute atomic E-state index is 11.9. The molecule has 0 saturated carbocycles. The van der Waals surface area contributed by atoms with Crippen molar-refractivity contribution in [1.82, 2.24) is 10.2 Å². The van der Waals surface area contributed by atoms with Gasteiger partial charge in [0.25, 0.3) is 0 Å². The number of hydrogen-bond donors (Lipinski definition) is 1. The van der Waals surface area contributed by atoms with E-state index in [4.69, 9.17) is 17.5 Å². The molecule has 5 heteroatoms. The third-order valence-electron chi connectivity index (χ3n) is 3.25. The van der Waals surface area contributed by atoms with Crippen LogP contribution in [0.1, 0.15) is 44.6 Å². The molecule has 1 N–H and O–H groups in total. The van der Waals surface area contributed by atoms with Crippen molar-refractivity contribution in [1.29, 1.82) is 5.26 Å². The number of unbranched alkanes of at least 4 members (excludes halogenated alkanes) is 2. The van der Waals surface area contributed by atoms with Crippen LogP contribution in [0.15, 0.2) is 30.3 Å². The molecule has 1 rings (SSSR count). The maximum Gasteiger partial charge on any atom is 0.226 e. The summed E-state index contributed by atoms with van der Waals surface area (Å²) in [4.78, 5) is 13.7. The zero-order chi connectivity index (χ0) is 16.2. The summed E-state index contributed by atoms with van der Waals surface area (Å²) in [6.07, 6.45) is 3.87. The summed E-state index contributed by atoms with van der Waals surface area (Å²) in [5.41, 5.74) is 1.10. The van der Waals surface area contributed by atoms with Crippen LogP contribution < -0.4 is 5.32 Å². The molecule has 0 spiro atoms. The Morgan fingerprint density at radius 2 is 2.05 bits per heavy atom. The number of rotatable bonds is 8. The van der Waals surface area contributed by atoms with Gasteiger partial charge in [0.05, 0.1) is 12.5 Å². The standard InChI is InChI=1S/C17H23N3OS/c1-2-3-5-11-16(21)19-17(22)20(13-8-12-18)14-15-9-6-4-7-10-15/h4,6-7,9-10H,2-3,5,8,11,13-14H2,1H3,(H,19,21,22). The van der Waals surface area contributed by atoms with Crippen molar-refractivity contribution in [2.75, 3.05) is 6.54 Å². The Morgan fingerprint density at radius 1 is 1.32 bits per heavy atom. The van der Waals surface area contributed by atoms with Crippen LogP contribution in [0.25, 0.3) is 0 Å². The highest BCUT2D eigenvalue weighted by Gasteiger charge is 2.12. The summed E-state index contributed by atoms with van der Waals surface area (Å²) in [6, 6.07) is 12.0. The predicted molar refractivity (Wildman–Crippen MR) is 92.0 cm³/mol. The van der Waals surface area contributed by atoms with Gasteiger partial charge in [-0.3, -0.25) is 4.79 Å². The molecule has 4 nitrogen and oxygen atoms in total. The van der Waals surface area contributed by atoms with Crippen LogP contribution in [0.5, 0.6) is 0 Å². The Balaban J connectivity index is 2.56. The Kier molecular flexibility index (Phi) is 8.85. The number of benzene rings is 1. The summed E-state index contributed by atoms with van der Waals surface area (Å²) >= 11 is 5.33. The lowest BCUT2D eigenvalue weighted by molar-refractivity contribution is -0.119. The zero-order valence-electron chi connectivity index (χ0n) is 13.0. The first kappa shape index (κ1) is 18.1. The molecule has 22 heavy (non-hydrogen) atoms. The maximum atomic E-state index is 11.9. The largest absolute Gasteiger partial charge is 0.344 e. The molecular formula is C17H23N3OS. The summed E-state index contributed by atoms with van der Waals surface area (Å²) < 4.78 is 0. The molecule has 1 amide bonds. The summed E-state index contributed by atoms with van der Waals surface area (Å²) in [6.45, 7) is 3.21. The van der Waals surface area contributed by atoms with Crippen molar-refractivity contribution in [3.8, 4) is 6.07 Å². The first-order valence-corrected chi connectivity index (χ1v) is 8.07. The van der Waals surface area contributed by atoms with Crippen molar-refractivity contribution < 1.29 is 4.79 Å². The molecule has 0 radical (unpaired) electrons. The minimum Gasteiger partial charge on any atom is -0.344 e. The third-order valence-corrected chi connectivity index (χ3v) is 3.61. The highest BCUT2D eigenvalue weighted by Crippen LogP contribution is 2.06. The Hall–Kier alpha value is -1.93. The predicted octanol–water partition coefficient (Wildman–Crippen LogP) is 3.38. The normalized spacial score (nSPS) is 9.82. The quantitative estimate of drug-likeness (QED) is 0.590. The first-order chi connectivity index (χ1) is 10.7. The van der Waals surface area contributed by atoms with Gasteiger partial charge in [0.1, 0.15) is 0 Å². The minimum atomic E-state index is -0.0477. The number of hydrogen-bond acceptors (Lipinski definition) is 3. The van der Waals surface area contributed by atoms with Gasteiger partial charge in [-0.15, -0.1) is 0 Å². The fourth-order valence-electron chi connectivity index (χ4n) is 2.04. The van der Waals surface area contributed by atoms with Crippen molar-refractivity contribution in [2.45, 2.75) is 45.6 Å². The Bertz CT molecular complexity index is 510. The average Bonchev–Trinajstić information content (AvgIpc) is 2.52. The van der Waals surface area contributed by atoms with E-state index < -0.39 is 0 Å². The molecule has 0 atom stereocenters. The van der Waals surface area contributed by atoms with E-state index in [1.165, 1.54) is 0 Å². The molecule has 0 aromatic heterocycles. The Morgan fingerprint density at radius 3 is 2.68 bits per heavy atom. The van der Waals surface area contributed by atoms with E-state index in [1.54, 1.807) is 0 Å². The highest BCUT2D eigenvalue weighted by molar-refractivity contribution is 7.80. The van der Waals surface area contributed by atoms with E-state index in [1.807, 2.05) is 35.2 Å².